The molecule has 3 aromatic rings. The SMILES string of the molecule is COc1cc(OC)cc(C(CCOS(C)(=O)=O)c2ccc3ncc(C4=CCCN=C4)nc3c2)c1. The van der Waals surface area contributed by atoms with E-state index in [1.165, 1.54) is 0 Å². The molecule has 0 saturated heterocycles. The highest BCUT2D eigenvalue weighted by atomic mass is 32.2. The van der Waals surface area contributed by atoms with E-state index in [1.54, 1.807) is 26.5 Å². The molecule has 1 aliphatic rings. The lowest BCUT2D eigenvalue weighted by Crippen LogP contribution is -2.10. The average molecular weight is 482 g/mol. The maximum Gasteiger partial charge on any atom is 0.264 e. The highest BCUT2D eigenvalue weighted by Crippen LogP contribution is 2.35. The first-order chi connectivity index (χ1) is 16.4. The summed E-state index contributed by atoms with van der Waals surface area (Å²) < 4.78 is 39.1. The molecule has 1 atom stereocenters. The maximum absolute atomic E-state index is 11.6. The Balaban J connectivity index is 1.75. The Kier molecular flexibility index (Phi) is 7.23. The molecule has 0 aliphatic carbocycles. The van der Waals surface area contributed by atoms with Crippen molar-refractivity contribution in [1.29, 1.82) is 0 Å². The molecule has 0 radical (unpaired) electrons. The summed E-state index contributed by atoms with van der Waals surface area (Å²) in [5.41, 5.74) is 5.13. The van der Waals surface area contributed by atoms with Gasteiger partial charge in [-0.15, -0.1) is 0 Å². The standard InChI is InChI=1S/C25H27N3O5S/c1-31-20-11-19(12-21(14-20)32-2)22(8-10-33-34(3,29)30)17-6-7-23-24(13-17)28-25(16-27-23)18-5-4-9-26-15-18/h5-7,11-16,22H,4,8-10H2,1-3H3. The molecule has 4 rings (SSSR count). The Hall–Kier alpha value is -3.30. The van der Waals surface area contributed by atoms with Crippen LogP contribution < -0.4 is 9.47 Å². The number of hydrogen-bond donors (Lipinski definition) is 0. The van der Waals surface area contributed by atoms with Crippen LogP contribution in [0.15, 0.2) is 53.7 Å². The van der Waals surface area contributed by atoms with E-state index in [0.717, 1.165) is 52.6 Å². The van der Waals surface area contributed by atoms with Crippen LogP contribution in [-0.4, -0.2) is 58.2 Å². The van der Waals surface area contributed by atoms with Gasteiger partial charge in [-0.05, 0) is 48.2 Å². The Labute approximate surface area is 199 Å². The Morgan fingerprint density at radius 2 is 1.76 bits per heavy atom. The molecule has 1 unspecified atom stereocenters. The van der Waals surface area contributed by atoms with Crippen LogP contribution in [0.25, 0.3) is 16.6 Å². The van der Waals surface area contributed by atoms with Crippen LogP contribution in [0.5, 0.6) is 11.5 Å². The number of allylic oxidation sites excluding steroid dienone is 1. The van der Waals surface area contributed by atoms with E-state index in [0.29, 0.717) is 17.9 Å². The normalized spacial score (nSPS) is 14.6. The van der Waals surface area contributed by atoms with Crippen molar-refractivity contribution in [3.63, 3.8) is 0 Å². The number of nitrogens with zero attached hydrogens (tertiary/aromatic N) is 3. The minimum Gasteiger partial charge on any atom is -0.497 e. The molecular weight excluding hydrogens is 454 g/mol. The topological polar surface area (TPSA) is 100.0 Å². The van der Waals surface area contributed by atoms with Crippen molar-refractivity contribution < 1.29 is 22.1 Å². The van der Waals surface area contributed by atoms with Gasteiger partial charge >= 0.3 is 0 Å². The van der Waals surface area contributed by atoms with Crippen molar-refractivity contribution in [3.05, 3.63) is 65.5 Å². The Morgan fingerprint density at radius 1 is 1.00 bits per heavy atom. The predicted octanol–water partition coefficient (Wildman–Crippen LogP) is 4.00. The van der Waals surface area contributed by atoms with Crippen molar-refractivity contribution in [3.8, 4) is 11.5 Å². The number of fused-ring (bicyclic) bond motifs is 1. The van der Waals surface area contributed by atoms with Crippen LogP contribution >= 0.6 is 0 Å². The largest absolute Gasteiger partial charge is 0.497 e. The fourth-order valence-electron chi connectivity index (χ4n) is 3.94. The highest BCUT2D eigenvalue weighted by molar-refractivity contribution is 7.85. The van der Waals surface area contributed by atoms with E-state index in [1.807, 2.05) is 36.5 Å². The van der Waals surface area contributed by atoms with Crippen molar-refractivity contribution >= 4 is 32.9 Å². The molecule has 0 fully saturated rings. The van der Waals surface area contributed by atoms with E-state index < -0.39 is 10.1 Å². The third-order valence-corrected chi connectivity index (χ3v) is 6.19. The number of ether oxygens (including phenoxy) is 2. The van der Waals surface area contributed by atoms with Crippen LogP contribution in [0.3, 0.4) is 0 Å². The Bertz CT molecular complexity index is 1330. The third kappa shape index (κ3) is 5.78. The van der Waals surface area contributed by atoms with Crippen LogP contribution in [0.4, 0.5) is 0 Å². The molecule has 178 valence electrons. The van der Waals surface area contributed by atoms with Crippen molar-refractivity contribution in [2.24, 2.45) is 4.99 Å². The van der Waals surface area contributed by atoms with Crippen LogP contribution in [0.2, 0.25) is 0 Å². The third-order valence-electron chi connectivity index (χ3n) is 5.60. The summed E-state index contributed by atoms with van der Waals surface area (Å²) in [5.74, 6) is 1.11. The fourth-order valence-corrected chi connectivity index (χ4v) is 4.34. The zero-order chi connectivity index (χ0) is 24.1. The number of hydrogen-bond acceptors (Lipinski definition) is 8. The van der Waals surface area contributed by atoms with Crippen LogP contribution in [-0.2, 0) is 14.3 Å². The summed E-state index contributed by atoms with van der Waals surface area (Å²) in [6.07, 6.45) is 8.06. The summed E-state index contributed by atoms with van der Waals surface area (Å²) in [4.78, 5) is 13.7. The van der Waals surface area contributed by atoms with Gasteiger partial charge in [0.2, 0.25) is 0 Å². The molecule has 0 N–H and O–H groups in total. The second kappa shape index (κ2) is 10.3. The zero-order valence-electron chi connectivity index (χ0n) is 19.4. The first-order valence-electron chi connectivity index (χ1n) is 10.9. The summed E-state index contributed by atoms with van der Waals surface area (Å²) in [7, 11) is -0.365. The summed E-state index contributed by atoms with van der Waals surface area (Å²) >= 11 is 0. The number of dihydropyridines is 1. The quantitative estimate of drug-likeness (QED) is 0.426. The lowest BCUT2D eigenvalue weighted by Gasteiger charge is -2.20. The lowest BCUT2D eigenvalue weighted by atomic mass is 9.88. The molecule has 34 heavy (non-hydrogen) atoms. The summed E-state index contributed by atoms with van der Waals surface area (Å²) in [6, 6.07) is 11.5. The van der Waals surface area contributed by atoms with Gasteiger partial charge in [-0.1, -0.05) is 12.1 Å². The molecule has 8 nitrogen and oxygen atoms in total. The number of aliphatic imine (C=N–C) groups is 1. The van der Waals surface area contributed by atoms with Crippen LogP contribution in [0.1, 0.15) is 35.6 Å². The van der Waals surface area contributed by atoms with Gasteiger partial charge in [0.1, 0.15) is 11.5 Å². The number of rotatable bonds is 9. The molecule has 0 spiro atoms. The van der Waals surface area contributed by atoms with Gasteiger partial charge < -0.3 is 9.47 Å². The second-order valence-corrected chi connectivity index (χ2v) is 9.64. The van der Waals surface area contributed by atoms with E-state index in [-0.39, 0.29) is 12.5 Å². The van der Waals surface area contributed by atoms with Gasteiger partial charge in [-0.3, -0.25) is 14.2 Å². The number of benzene rings is 2. The van der Waals surface area contributed by atoms with Gasteiger partial charge in [-0.2, -0.15) is 8.42 Å². The molecule has 0 amide bonds. The zero-order valence-corrected chi connectivity index (χ0v) is 20.2. The minimum absolute atomic E-state index is 0.0378. The fraction of sp³-hybridized carbons (Fsp3) is 0.320. The lowest BCUT2D eigenvalue weighted by molar-refractivity contribution is 0.308. The van der Waals surface area contributed by atoms with E-state index in [4.69, 9.17) is 18.6 Å². The summed E-state index contributed by atoms with van der Waals surface area (Å²) in [6.45, 7) is 0.825. The van der Waals surface area contributed by atoms with Crippen LogP contribution in [0, 0.1) is 0 Å². The highest BCUT2D eigenvalue weighted by Gasteiger charge is 2.19. The molecule has 0 saturated carbocycles. The summed E-state index contributed by atoms with van der Waals surface area (Å²) in [5, 5.41) is 0. The molecule has 1 aromatic heterocycles. The molecule has 0 bridgehead atoms. The van der Waals surface area contributed by atoms with Crippen molar-refractivity contribution in [1.82, 2.24) is 9.97 Å². The second-order valence-electron chi connectivity index (χ2n) is 8.00. The number of aromatic nitrogens is 2. The van der Waals surface area contributed by atoms with Gasteiger partial charge in [0.05, 0.1) is 50.0 Å². The Morgan fingerprint density at radius 3 is 2.41 bits per heavy atom. The number of methoxy groups -OCH3 is 2. The first-order valence-corrected chi connectivity index (χ1v) is 12.7. The molecule has 2 heterocycles. The minimum atomic E-state index is -3.55. The van der Waals surface area contributed by atoms with E-state index in [9.17, 15) is 8.42 Å². The molecular formula is C25H27N3O5S. The maximum atomic E-state index is 11.6. The average Bonchev–Trinajstić information content (AvgIpc) is 2.85. The van der Waals surface area contributed by atoms with Gasteiger partial charge in [0, 0.05) is 30.3 Å². The van der Waals surface area contributed by atoms with E-state index >= 15 is 0 Å². The molecule has 1 aliphatic heterocycles. The van der Waals surface area contributed by atoms with E-state index in [2.05, 4.69) is 16.1 Å². The van der Waals surface area contributed by atoms with Gasteiger partial charge in [-0.25, -0.2) is 4.98 Å². The first kappa shape index (κ1) is 23.8. The monoisotopic (exact) mass is 481 g/mol. The van der Waals surface area contributed by atoms with Crippen molar-refractivity contribution in [2.75, 3.05) is 33.6 Å². The van der Waals surface area contributed by atoms with Gasteiger partial charge in [0.15, 0.2) is 0 Å². The molecule has 9 heteroatoms. The molecule has 2 aromatic carbocycles. The van der Waals surface area contributed by atoms with Crippen molar-refractivity contribution in [2.45, 2.75) is 18.8 Å². The predicted molar refractivity (Wildman–Crippen MR) is 132 cm³/mol. The smallest absolute Gasteiger partial charge is 0.264 e. The van der Waals surface area contributed by atoms with Gasteiger partial charge in [0.25, 0.3) is 10.1 Å².